The highest BCUT2D eigenvalue weighted by molar-refractivity contribution is 5.93. The summed E-state index contributed by atoms with van der Waals surface area (Å²) >= 11 is 0. The highest BCUT2D eigenvalue weighted by Crippen LogP contribution is 2.21. The maximum atomic E-state index is 12.5. The number of rotatable bonds is 8. The Morgan fingerprint density at radius 3 is 2.35 bits per heavy atom. The lowest BCUT2D eigenvalue weighted by Gasteiger charge is -2.07. The lowest BCUT2D eigenvalue weighted by Crippen LogP contribution is -2.27. The van der Waals surface area contributed by atoms with Crippen LogP contribution in [0.3, 0.4) is 0 Å². The van der Waals surface area contributed by atoms with Gasteiger partial charge in [0.1, 0.15) is 0 Å². The van der Waals surface area contributed by atoms with Crippen molar-refractivity contribution in [2.24, 2.45) is 0 Å². The molecule has 2 N–H and O–H groups in total. The Bertz CT molecular complexity index is 1130. The average molecular weight is 413 g/mol. The van der Waals surface area contributed by atoms with Gasteiger partial charge in [-0.3, -0.25) is 4.79 Å². The van der Waals surface area contributed by atoms with Crippen LogP contribution in [0.2, 0.25) is 0 Å². The first-order valence-corrected chi connectivity index (χ1v) is 10.1. The van der Waals surface area contributed by atoms with Crippen molar-refractivity contribution in [3.63, 3.8) is 0 Å². The summed E-state index contributed by atoms with van der Waals surface area (Å²) in [5.74, 6) is 0.339. The minimum atomic E-state index is -0.236. The lowest BCUT2D eigenvalue weighted by molar-refractivity contribution is 0.0948. The molecule has 8 nitrogen and oxygen atoms in total. The zero-order valence-electron chi connectivity index (χ0n) is 17.2. The van der Waals surface area contributed by atoms with Crippen LogP contribution in [0.5, 0.6) is 0 Å². The second kappa shape index (κ2) is 9.62. The Balaban J connectivity index is 1.33. The monoisotopic (exact) mass is 413 g/mol. The van der Waals surface area contributed by atoms with Crippen molar-refractivity contribution in [1.29, 1.82) is 0 Å². The highest BCUT2D eigenvalue weighted by Gasteiger charge is 2.17. The van der Waals surface area contributed by atoms with E-state index in [1.807, 2.05) is 49.4 Å². The maximum absolute atomic E-state index is 12.5. The number of nitrogens with one attached hydrogen (secondary N) is 2. The molecule has 0 spiro atoms. The smallest absolute Gasteiger partial charge is 0.273 e. The molecule has 4 rings (SSSR count). The molecular weight excluding hydrogens is 390 g/mol. The second-order valence-electron chi connectivity index (χ2n) is 6.96. The molecule has 0 aliphatic heterocycles. The second-order valence-corrected chi connectivity index (χ2v) is 6.96. The van der Waals surface area contributed by atoms with Gasteiger partial charge in [0.15, 0.2) is 5.69 Å². The first kappa shape index (κ1) is 20.2. The molecule has 2 heterocycles. The quantitative estimate of drug-likeness (QED) is 0.430. The van der Waals surface area contributed by atoms with Crippen LogP contribution in [0.25, 0.3) is 16.8 Å². The molecule has 2 aromatic heterocycles. The van der Waals surface area contributed by atoms with E-state index in [0.29, 0.717) is 30.4 Å². The zero-order chi connectivity index (χ0) is 21.5. The minimum absolute atomic E-state index is 0.236. The van der Waals surface area contributed by atoms with Crippen molar-refractivity contribution in [3.8, 4) is 16.8 Å². The highest BCUT2D eigenvalue weighted by atomic mass is 16.2. The van der Waals surface area contributed by atoms with Gasteiger partial charge in [-0.2, -0.15) is 0 Å². The Hall–Kier alpha value is -4.07. The van der Waals surface area contributed by atoms with Gasteiger partial charge in [0.25, 0.3) is 5.91 Å². The first-order valence-electron chi connectivity index (χ1n) is 10.1. The number of benzene rings is 2. The van der Waals surface area contributed by atoms with Gasteiger partial charge in [-0.25, -0.2) is 14.6 Å². The fraction of sp³-hybridized carbons (Fsp3) is 0.174. The third kappa shape index (κ3) is 4.92. The fourth-order valence-electron chi connectivity index (χ4n) is 3.17. The van der Waals surface area contributed by atoms with Gasteiger partial charge in [-0.05, 0) is 42.7 Å². The van der Waals surface area contributed by atoms with Crippen molar-refractivity contribution >= 4 is 11.9 Å². The first-order chi connectivity index (χ1) is 15.2. The summed E-state index contributed by atoms with van der Waals surface area (Å²) in [6.07, 6.45) is 4.09. The molecule has 0 unspecified atom stereocenters. The van der Waals surface area contributed by atoms with Crippen LogP contribution in [-0.4, -0.2) is 44.0 Å². The predicted molar refractivity (Wildman–Crippen MR) is 119 cm³/mol. The lowest BCUT2D eigenvalue weighted by atomic mass is 10.1. The van der Waals surface area contributed by atoms with Gasteiger partial charge < -0.3 is 10.6 Å². The Morgan fingerprint density at radius 1 is 0.903 bits per heavy atom. The van der Waals surface area contributed by atoms with Crippen molar-refractivity contribution in [2.75, 3.05) is 18.4 Å². The van der Waals surface area contributed by atoms with E-state index in [4.69, 9.17) is 0 Å². The topological polar surface area (TPSA) is 97.6 Å². The Labute approximate surface area is 180 Å². The van der Waals surface area contributed by atoms with Crippen LogP contribution >= 0.6 is 0 Å². The van der Waals surface area contributed by atoms with Crippen LogP contribution in [0, 0.1) is 6.92 Å². The molecule has 0 bridgehead atoms. The summed E-state index contributed by atoms with van der Waals surface area (Å²) < 4.78 is 1.68. The summed E-state index contributed by atoms with van der Waals surface area (Å²) in [6, 6.07) is 20.0. The number of hydrogen-bond acceptors (Lipinski definition) is 6. The molecule has 31 heavy (non-hydrogen) atoms. The SMILES string of the molecule is Cc1c(C(=O)NCCCNc2ncccn2)nnn1-c1ccc(-c2ccccc2)cc1. The number of hydrogen-bond donors (Lipinski definition) is 2. The van der Waals surface area contributed by atoms with Crippen LogP contribution in [0.15, 0.2) is 73.1 Å². The Kier molecular flexibility index (Phi) is 6.27. The Morgan fingerprint density at radius 2 is 1.61 bits per heavy atom. The number of aromatic nitrogens is 5. The van der Waals surface area contributed by atoms with Crippen LogP contribution in [0.4, 0.5) is 5.95 Å². The van der Waals surface area contributed by atoms with Crippen LogP contribution < -0.4 is 10.6 Å². The van der Waals surface area contributed by atoms with E-state index >= 15 is 0 Å². The summed E-state index contributed by atoms with van der Waals surface area (Å²) in [7, 11) is 0. The summed E-state index contributed by atoms with van der Waals surface area (Å²) in [4.78, 5) is 20.7. The van der Waals surface area contributed by atoms with Crippen LogP contribution in [-0.2, 0) is 0 Å². The summed E-state index contributed by atoms with van der Waals surface area (Å²) in [5, 5.41) is 14.2. The van der Waals surface area contributed by atoms with E-state index in [1.165, 1.54) is 0 Å². The van der Waals surface area contributed by atoms with Gasteiger partial charge in [0, 0.05) is 25.5 Å². The molecule has 0 aliphatic carbocycles. The molecule has 2 aromatic carbocycles. The number of amides is 1. The number of anilines is 1. The largest absolute Gasteiger partial charge is 0.354 e. The fourth-order valence-corrected chi connectivity index (χ4v) is 3.17. The van der Waals surface area contributed by atoms with E-state index in [2.05, 4.69) is 43.0 Å². The van der Waals surface area contributed by atoms with Crippen molar-refractivity contribution < 1.29 is 4.79 Å². The number of carbonyl (C=O) groups is 1. The normalized spacial score (nSPS) is 10.6. The van der Waals surface area contributed by atoms with E-state index < -0.39 is 0 Å². The molecule has 0 radical (unpaired) electrons. The van der Waals surface area contributed by atoms with Gasteiger partial charge in [-0.1, -0.05) is 47.7 Å². The standard InChI is InChI=1S/C23H23N7O/c1-17-21(22(31)24-13-5-14-25-23-26-15-6-16-27-23)28-29-30(17)20-11-9-19(10-12-20)18-7-3-2-4-8-18/h2-4,6-12,15-16H,5,13-14H2,1H3,(H,24,31)(H,25,26,27). The zero-order valence-corrected chi connectivity index (χ0v) is 17.2. The van der Waals surface area contributed by atoms with Crippen LogP contribution in [0.1, 0.15) is 22.6 Å². The van der Waals surface area contributed by atoms with Gasteiger partial charge in [0.05, 0.1) is 11.4 Å². The summed E-state index contributed by atoms with van der Waals surface area (Å²) in [5.41, 5.74) is 4.15. The molecule has 156 valence electrons. The minimum Gasteiger partial charge on any atom is -0.354 e. The third-order valence-corrected chi connectivity index (χ3v) is 4.82. The molecule has 8 heteroatoms. The van der Waals surface area contributed by atoms with Gasteiger partial charge in [-0.15, -0.1) is 5.10 Å². The molecular formula is C23H23N7O. The maximum Gasteiger partial charge on any atom is 0.273 e. The average Bonchev–Trinajstić information content (AvgIpc) is 3.21. The molecule has 0 atom stereocenters. The van der Waals surface area contributed by atoms with E-state index in [-0.39, 0.29) is 5.91 Å². The summed E-state index contributed by atoms with van der Waals surface area (Å²) in [6.45, 7) is 3.01. The van der Waals surface area contributed by atoms with Crippen molar-refractivity contribution in [1.82, 2.24) is 30.3 Å². The van der Waals surface area contributed by atoms with Crippen molar-refractivity contribution in [2.45, 2.75) is 13.3 Å². The molecule has 0 saturated heterocycles. The molecule has 1 amide bonds. The number of nitrogens with zero attached hydrogens (tertiary/aromatic N) is 5. The van der Waals surface area contributed by atoms with Gasteiger partial charge in [0.2, 0.25) is 5.95 Å². The predicted octanol–water partition coefficient (Wildman–Crippen LogP) is 3.26. The number of carbonyl (C=O) groups excluding carboxylic acids is 1. The third-order valence-electron chi connectivity index (χ3n) is 4.82. The van der Waals surface area contributed by atoms with E-state index in [1.54, 1.807) is 23.1 Å². The van der Waals surface area contributed by atoms with Gasteiger partial charge >= 0.3 is 0 Å². The molecule has 0 saturated carbocycles. The van der Waals surface area contributed by atoms with Crippen molar-refractivity contribution in [3.05, 3.63) is 84.4 Å². The molecule has 0 aliphatic rings. The van der Waals surface area contributed by atoms with E-state index in [0.717, 1.165) is 23.2 Å². The molecule has 4 aromatic rings. The van der Waals surface area contributed by atoms with E-state index in [9.17, 15) is 4.79 Å². The molecule has 0 fully saturated rings.